The van der Waals surface area contributed by atoms with Gasteiger partial charge in [0.2, 0.25) is 5.91 Å². The van der Waals surface area contributed by atoms with Crippen LogP contribution in [0.5, 0.6) is 0 Å². The van der Waals surface area contributed by atoms with E-state index in [1.807, 2.05) is 55.3 Å². The fraction of sp³-hybridized carbons (Fsp3) is 0.500. The van der Waals surface area contributed by atoms with Crippen molar-refractivity contribution < 1.29 is 47.8 Å². The maximum atomic E-state index is 13.7. The molecule has 0 saturated carbocycles. The topological polar surface area (TPSA) is 179 Å². The number of pyridine rings is 1. The van der Waals surface area contributed by atoms with E-state index in [1.54, 1.807) is 6.07 Å². The lowest BCUT2D eigenvalue weighted by molar-refractivity contribution is -1.07. The van der Waals surface area contributed by atoms with Crippen molar-refractivity contribution in [3.05, 3.63) is 48.2 Å². The molecule has 1 atom stereocenters. The Kier molecular flexibility index (Phi) is 11.7. The van der Waals surface area contributed by atoms with Crippen LogP contribution in [0.25, 0.3) is 11.3 Å². The highest BCUT2D eigenvalue weighted by Gasteiger charge is 2.36. The third-order valence-corrected chi connectivity index (χ3v) is 8.90. The molecule has 46 heavy (non-hydrogen) atoms. The lowest BCUT2D eigenvalue weighted by Crippen LogP contribution is -2.57. The number of amides is 3. The van der Waals surface area contributed by atoms with Gasteiger partial charge in [0.25, 0.3) is 5.91 Å². The van der Waals surface area contributed by atoms with Crippen LogP contribution in [0.1, 0.15) is 30.3 Å². The Morgan fingerprint density at radius 2 is 1.70 bits per heavy atom. The van der Waals surface area contributed by atoms with Crippen molar-refractivity contribution in [2.75, 3.05) is 77.1 Å². The van der Waals surface area contributed by atoms with E-state index in [2.05, 4.69) is 10.3 Å². The number of carbonyl (C=O) groups excluding carboxylic acids is 4. The van der Waals surface area contributed by atoms with Crippen molar-refractivity contribution in [1.29, 1.82) is 0 Å². The Bertz CT molecular complexity index is 1420. The zero-order valence-corrected chi connectivity index (χ0v) is 27.0. The Labute approximate surface area is 267 Å². The van der Waals surface area contributed by atoms with Crippen molar-refractivity contribution in [3.8, 4) is 11.3 Å². The average molecular weight is 662 g/mol. The summed E-state index contributed by atoms with van der Waals surface area (Å²) in [6, 6.07) is 11.1. The van der Waals surface area contributed by atoms with Crippen LogP contribution in [0.4, 0.5) is 10.5 Å². The number of piperazine rings is 2. The van der Waals surface area contributed by atoms with E-state index in [0.29, 0.717) is 50.6 Å². The second kappa shape index (κ2) is 15.5. The van der Waals surface area contributed by atoms with Gasteiger partial charge in [0.1, 0.15) is 31.9 Å². The second-order valence-corrected chi connectivity index (χ2v) is 13.2. The van der Waals surface area contributed by atoms with Gasteiger partial charge in [-0.15, -0.1) is 4.65 Å². The molecule has 1 aromatic carbocycles. The quantitative estimate of drug-likeness (QED) is 0.130. The van der Waals surface area contributed by atoms with Crippen LogP contribution in [0.3, 0.4) is 0 Å². The number of quaternary nitrogens is 1. The van der Waals surface area contributed by atoms with E-state index in [0.717, 1.165) is 18.4 Å². The molecule has 250 valence electrons. The number of hydroxylamine groups is 3. The highest BCUT2D eigenvalue weighted by Crippen LogP contribution is 2.35. The first-order valence-corrected chi connectivity index (χ1v) is 17.1. The first kappa shape index (κ1) is 34.8. The molecule has 2 saturated heterocycles. The molecule has 2 fully saturated rings. The molecule has 3 heterocycles. The van der Waals surface area contributed by atoms with E-state index in [4.69, 9.17) is 9.57 Å². The van der Waals surface area contributed by atoms with Crippen LogP contribution in [0.15, 0.2) is 42.5 Å². The van der Waals surface area contributed by atoms with Crippen LogP contribution in [-0.2, 0) is 23.7 Å². The summed E-state index contributed by atoms with van der Waals surface area (Å²) >= 11 is 0. The third kappa shape index (κ3) is 9.49. The molecule has 16 heteroatoms. The molecule has 0 bridgehead atoms. The first-order valence-electron chi connectivity index (χ1n) is 15.3. The van der Waals surface area contributed by atoms with Gasteiger partial charge in [0.15, 0.2) is 0 Å². The summed E-state index contributed by atoms with van der Waals surface area (Å²) in [5.41, 5.74) is 1.88. The van der Waals surface area contributed by atoms with Gasteiger partial charge in [-0.3, -0.25) is 19.0 Å². The molecule has 4 rings (SSSR count). The molecule has 2 aliphatic heterocycles. The van der Waals surface area contributed by atoms with Gasteiger partial charge >= 0.3 is 20.2 Å². The Balaban J connectivity index is 1.53. The largest absolute Gasteiger partial charge is 0.449 e. The number of hydrogen-bond acceptors (Lipinski definition) is 9. The van der Waals surface area contributed by atoms with Gasteiger partial charge in [0, 0.05) is 37.4 Å². The maximum Gasteiger partial charge on any atom is 0.409 e. The molecular formula is C30H42N6O9P+. The summed E-state index contributed by atoms with van der Waals surface area (Å²) < 4.78 is 17.4. The number of carbonyl (C=O) groups is 4. The fourth-order valence-electron chi connectivity index (χ4n) is 5.31. The smallest absolute Gasteiger partial charge is 0.409 e. The normalized spacial score (nSPS) is 17.2. The molecule has 0 radical (unpaired) electrons. The summed E-state index contributed by atoms with van der Waals surface area (Å²) in [7, 11) is -2.93. The van der Waals surface area contributed by atoms with Crippen molar-refractivity contribution in [3.63, 3.8) is 0 Å². The van der Waals surface area contributed by atoms with Crippen LogP contribution in [-0.4, -0.2) is 132 Å². The molecule has 15 nitrogen and oxygen atoms in total. The van der Waals surface area contributed by atoms with E-state index < -0.39 is 37.7 Å². The van der Waals surface area contributed by atoms with Gasteiger partial charge in [-0.2, -0.15) is 0 Å². The number of anilines is 1. The highest BCUT2D eigenvalue weighted by molar-refractivity contribution is 7.51. The number of benzene rings is 1. The number of likely N-dealkylation sites (N-methyl/N-ethyl adjacent to an activating group) is 1. The van der Waals surface area contributed by atoms with E-state index in [-0.39, 0.29) is 36.5 Å². The lowest BCUT2D eigenvalue weighted by atomic mass is 10.1. The summed E-state index contributed by atoms with van der Waals surface area (Å²) in [6.45, 7) is 5.35. The summed E-state index contributed by atoms with van der Waals surface area (Å²) in [4.78, 5) is 84.7. The summed E-state index contributed by atoms with van der Waals surface area (Å²) in [6.07, 6.45) is 0.243. The Morgan fingerprint density at radius 3 is 2.30 bits per heavy atom. The lowest BCUT2D eigenvalue weighted by Gasteiger charge is -2.38. The number of hydrogen-bond donors (Lipinski definition) is 3. The SMILES string of the molecule is CCCCOC(=O)N1CCN(C(=O)C(CP(=O)(O)O)NC(=O)c2cc(N3CC[N+](C)(OC=O)CC3)cc(-c3ccccc3)n2)CC1. The second-order valence-electron chi connectivity index (χ2n) is 11.5. The Morgan fingerprint density at radius 1 is 1.04 bits per heavy atom. The van der Waals surface area contributed by atoms with Crippen molar-refractivity contribution in [2.24, 2.45) is 0 Å². The molecular weight excluding hydrogens is 619 g/mol. The molecule has 3 amide bonds. The number of ether oxygens (including phenoxy) is 1. The van der Waals surface area contributed by atoms with Crippen molar-refractivity contribution >= 4 is 37.7 Å². The number of nitrogens with one attached hydrogen (secondary N) is 1. The van der Waals surface area contributed by atoms with Gasteiger partial charge in [-0.05, 0) is 18.6 Å². The molecule has 3 N–H and O–H groups in total. The molecule has 0 spiro atoms. The average Bonchev–Trinajstić information content (AvgIpc) is 3.04. The zero-order valence-electron chi connectivity index (χ0n) is 26.1. The van der Waals surface area contributed by atoms with E-state index >= 15 is 0 Å². The van der Waals surface area contributed by atoms with Crippen LogP contribution >= 0.6 is 7.60 Å². The summed E-state index contributed by atoms with van der Waals surface area (Å²) in [5.74, 6) is -1.44. The van der Waals surface area contributed by atoms with Crippen LogP contribution < -0.4 is 10.2 Å². The standard InChI is InChI=1S/C30H41N6O9P/c1-3-4-18-44-30(40)35-12-10-34(11-13-35)29(39)27(21-46(41,42)43)32-28(38)26-20-24(19-25(31-26)23-8-6-5-7-9-23)33-14-16-36(2,17-15-33)45-22-37/h5-9,19-20,22,27H,3-4,10-18,21H2,1-2H3,(H2-,32,38,41,42,43)/p+1. The van der Waals surface area contributed by atoms with E-state index in [1.165, 1.54) is 9.80 Å². The third-order valence-electron chi connectivity index (χ3n) is 8.06. The van der Waals surface area contributed by atoms with Gasteiger partial charge in [-0.1, -0.05) is 43.7 Å². The van der Waals surface area contributed by atoms with Crippen LogP contribution in [0.2, 0.25) is 0 Å². The van der Waals surface area contributed by atoms with Crippen molar-refractivity contribution in [1.82, 2.24) is 20.1 Å². The molecule has 2 aliphatic rings. The van der Waals surface area contributed by atoms with Gasteiger partial charge in [0.05, 0.1) is 31.6 Å². The molecule has 1 aromatic heterocycles. The monoisotopic (exact) mass is 661 g/mol. The van der Waals surface area contributed by atoms with Crippen molar-refractivity contribution in [2.45, 2.75) is 25.8 Å². The minimum Gasteiger partial charge on any atom is -0.449 e. The highest BCUT2D eigenvalue weighted by atomic mass is 31.2. The van der Waals surface area contributed by atoms with Crippen LogP contribution in [0, 0.1) is 0 Å². The van der Waals surface area contributed by atoms with Gasteiger partial charge in [-0.25, -0.2) is 14.6 Å². The first-order chi connectivity index (χ1) is 21.9. The number of aromatic nitrogens is 1. The van der Waals surface area contributed by atoms with E-state index in [9.17, 15) is 33.5 Å². The maximum absolute atomic E-state index is 13.7. The minimum atomic E-state index is -4.74. The molecule has 2 aromatic rings. The number of nitrogens with zero attached hydrogens (tertiary/aromatic N) is 5. The Hall–Kier alpha value is -4.04. The minimum absolute atomic E-state index is 0.0357. The summed E-state index contributed by atoms with van der Waals surface area (Å²) in [5, 5.41) is 2.52. The van der Waals surface area contributed by atoms with Gasteiger partial charge < -0.3 is 34.5 Å². The predicted octanol–water partition coefficient (Wildman–Crippen LogP) is 1.46. The number of unbranched alkanes of at least 4 members (excludes halogenated alkanes) is 1. The predicted molar refractivity (Wildman–Crippen MR) is 168 cm³/mol. The molecule has 0 aliphatic carbocycles. The fourth-order valence-corrected chi connectivity index (χ4v) is 6.03. The zero-order chi connectivity index (χ0) is 33.3. The number of rotatable bonds is 12. The molecule has 1 unspecified atom stereocenters.